The summed E-state index contributed by atoms with van der Waals surface area (Å²) in [6.45, 7) is 2.05. The number of hydrogen-bond acceptors (Lipinski definition) is 2. The Hall–Kier alpha value is 0.310. The van der Waals surface area contributed by atoms with Crippen molar-refractivity contribution in [2.24, 2.45) is 11.8 Å². The first-order chi connectivity index (χ1) is 4.47. The van der Waals surface area contributed by atoms with Crippen molar-refractivity contribution >= 4 is 11.8 Å². The highest BCUT2D eigenvalue weighted by Gasteiger charge is 2.30. The van der Waals surface area contributed by atoms with Crippen LogP contribution < -0.4 is 0 Å². The Morgan fingerprint density at radius 2 is 2.11 bits per heavy atom. The molecule has 2 heteroatoms. The Balaban J connectivity index is 1.97. The molecule has 2 heterocycles. The highest BCUT2D eigenvalue weighted by molar-refractivity contribution is 7.99. The van der Waals surface area contributed by atoms with Gasteiger partial charge in [0.05, 0.1) is 6.61 Å². The minimum Gasteiger partial charge on any atom is -0.381 e. The third-order valence-corrected chi connectivity index (χ3v) is 3.62. The van der Waals surface area contributed by atoms with Gasteiger partial charge in [0.1, 0.15) is 0 Å². The number of hydrogen-bond donors (Lipinski definition) is 0. The lowest BCUT2D eigenvalue weighted by Gasteiger charge is -2.23. The first kappa shape index (κ1) is 6.05. The predicted octanol–water partition coefficient (Wildman–Crippen LogP) is 1.39. The van der Waals surface area contributed by atoms with Gasteiger partial charge in [-0.3, -0.25) is 0 Å². The summed E-state index contributed by atoms with van der Waals surface area (Å²) in [6.07, 6.45) is 1.32. The normalized spacial score (nSPS) is 42.7. The van der Waals surface area contributed by atoms with Crippen molar-refractivity contribution in [3.8, 4) is 0 Å². The van der Waals surface area contributed by atoms with Crippen LogP contribution in [0.25, 0.3) is 0 Å². The average Bonchev–Trinajstić information content (AvgIpc) is 2.33. The first-order valence-electron chi connectivity index (χ1n) is 3.62. The summed E-state index contributed by atoms with van der Waals surface area (Å²) in [7, 11) is 0. The Morgan fingerprint density at radius 1 is 1.22 bits per heavy atom. The smallest absolute Gasteiger partial charge is 0.0505 e. The molecule has 2 fully saturated rings. The van der Waals surface area contributed by atoms with E-state index in [1.807, 2.05) is 0 Å². The molecule has 2 rings (SSSR count). The van der Waals surface area contributed by atoms with Gasteiger partial charge in [0, 0.05) is 6.61 Å². The van der Waals surface area contributed by atoms with E-state index in [9.17, 15) is 0 Å². The van der Waals surface area contributed by atoms with Crippen LogP contribution in [0.3, 0.4) is 0 Å². The van der Waals surface area contributed by atoms with Gasteiger partial charge in [-0.25, -0.2) is 0 Å². The van der Waals surface area contributed by atoms with Crippen molar-refractivity contribution in [2.45, 2.75) is 6.42 Å². The molecular formula is C7H12OS. The quantitative estimate of drug-likeness (QED) is 0.508. The molecule has 1 nitrogen and oxygen atoms in total. The van der Waals surface area contributed by atoms with Gasteiger partial charge in [0.2, 0.25) is 0 Å². The highest BCUT2D eigenvalue weighted by Crippen LogP contribution is 2.34. The van der Waals surface area contributed by atoms with Crippen LogP contribution in [-0.4, -0.2) is 24.7 Å². The molecule has 0 saturated carbocycles. The van der Waals surface area contributed by atoms with Crippen LogP contribution in [0, 0.1) is 11.8 Å². The molecular weight excluding hydrogens is 132 g/mol. The molecule has 52 valence electrons. The number of rotatable bonds is 0. The molecule has 2 unspecified atom stereocenters. The summed E-state index contributed by atoms with van der Waals surface area (Å²) in [5, 5.41) is 0. The van der Waals surface area contributed by atoms with Crippen LogP contribution in [0.4, 0.5) is 0 Å². The van der Waals surface area contributed by atoms with Crippen molar-refractivity contribution in [3.05, 3.63) is 0 Å². The summed E-state index contributed by atoms with van der Waals surface area (Å²) in [4.78, 5) is 0. The molecule has 0 N–H and O–H groups in total. The van der Waals surface area contributed by atoms with E-state index in [4.69, 9.17) is 4.74 Å². The molecule has 0 spiro atoms. The average molecular weight is 144 g/mol. The fourth-order valence-corrected chi connectivity index (χ4v) is 3.16. The molecule has 0 aromatic carbocycles. The maximum atomic E-state index is 5.37. The summed E-state index contributed by atoms with van der Waals surface area (Å²) >= 11 is 2.10. The zero-order valence-corrected chi connectivity index (χ0v) is 6.32. The monoisotopic (exact) mass is 144 g/mol. The molecule has 2 atom stereocenters. The van der Waals surface area contributed by atoms with Crippen molar-refractivity contribution in [1.29, 1.82) is 0 Å². The zero-order chi connectivity index (χ0) is 6.10. The van der Waals surface area contributed by atoms with E-state index < -0.39 is 0 Å². The van der Waals surface area contributed by atoms with Gasteiger partial charge in [0.15, 0.2) is 0 Å². The van der Waals surface area contributed by atoms with E-state index in [2.05, 4.69) is 11.8 Å². The Labute approximate surface area is 60.2 Å². The third kappa shape index (κ3) is 1.10. The maximum absolute atomic E-state index is 5.37. The van der Waals surface area contributed by atoms with Crippen molar-refractivity contribution in [1.82, 2.24) is 0 Å². The van der Waals surface area contributed by atoms with E-state index in [0.717, 1.165) is 25.0 Å². The van der Waals surface area contributed by atoms with Crippen LogP contribution >= 0.6 is 11.8 Å². The van der Waals surface area contributed by atoms with E-state index in [1.165, 1.54) is 17.9 Å². The fourth-order valence-electron chi connectivity index (χ4n) is 1.62. The van der Waals surface area contributed by atoms with Crippen molar-refractivity contribution in [2.75, 3.05) is 24.7 Å². The molecule has 0 bridgehead atoms. The van der Waals surface area contributed by atoms with Gasteiger partial charge in [0.25, 0.3) is 0 Å². The third-order valence-electron chi connectivity index (χ3n) is 2.30. The van der Waals surface area contributed by atoms with E-state index in [-0.39, 0.29) is 0 Å². The van der Waals surface area contributed by atoms with Crippen LogP contribution in [0.1, 0.15) is 6.42 Å². The minimum absolute atomic E-state index is 0.906. The number of fused-ring (bicyclic) bond motifs is 1. The standard InChI is InChI=1S/C7H12OS/c1-2-8-3-7-5-9-4-6(1)7/h6-7H,1-5H2. The number of ether oxygens (including phenoxy) is 1. The lowest BCUT2D eigenvalue weighted by Crippen LogP contribution is -2.25. The lowest BCUT2D eigenvalue weighted by atomic mass is 9.92. The van der Waals surface area contributed by atoms with Crippen LogP contribution in [0.5, 0.6) is 0 Å². The Morgan fingerprint density at radius 3 is 3.00 bits per heavy atom. The molecule has 2 aliphatic heterocycles. The van der Waals surface area contributed by atoms with E-state index in [1.54, 1.807) is 0 Å². The topological polar surface area (TPSA) is 9.23 Å². The Kier molecular flexibility index (Phi) is 1.68. The summed E-state index contributed by atoms with van der Waals surface area (Å²) in [5.41, 5.74) is 0. The second-order valence-corrected chi connectivity index (χ2v) is 4.00. The summed E-state index contributed by atoms with van der Waals surface area (Å²) in [5.74, 6) is 4.66. The molecule has 0 aromatic heterocycles. The molecule has 0 aromatic rings. The molecule has 2 saturated heterocycles. The maximum Gasteiger partial charge on any atom is 0.0505 e. The molecule has 0 amide bonds. The highest BCUT2D eigenvalue weighted by atomic mass is 32.2. The Bertz CT molecular complexity index is 93.1. The SMILES string of the molecule is C1CC2CSCC2CO1. The van der Waals surface area contributed by atoms with E-state index in [0.29, 0.717) is 0 Å². The molecule has 0 aliphatic carbocycles. The van der Waals surface area contributed by atoms with Gasteiger partial charge in [-0.2, -0.15) is 11.8 Å². The lowest BCUT2D eigenvalue weighted by molar-refractivity contribution is 0.0374. The van der Waals surface area contributed by atoms with Crippen molar-refractivity contribution < 1.29 is 4.74 Å². The number of thioether (sulfide) groups is 1. The molecule has 9 heavy (non-hydrogen) atoms. The fraction of sp³-hybridized carbons (Fsp3) is 1.00. The van der Waals surface area contributed by atoms with Crippen molar-refractivity contribution in [3.63, 3.8) is 0 Å². The summed E-state index contributed by atoms with van der Waals surface area (Å²) < 4.78 is 5.37. The second kappa shape index (κ2) is 2.51. The second-order valence-electron chi connectivity index (χ2n) is 2.92. The van der Waals surface area contributed by atoms with Gasteiger partial charge in [-0.05, 0) is 29.8 Å². The van der Waals surface area contributed by atoms with Crippen LogP contribution in [0.2, 0.25) is 0 Å². The van der Waals surface area contributed by atoms with E-state index >= 15 is 0 Å². The summed E-state index contributed by atoms with van der Waals surface area (Å²) in [6, 6.07) is 0. The molecule has 2 aliphatic rings. The largest absolute Gasteiger partial charge is 0.381 e. The van der Waals surface area contributed by atoms with Gasteiger partial charge in [-0.1, -0.05) is 0 Å². The minimum atomic E-state index is 0.906. The zero-order valence-electron chi connectivity index (χ0n) is 5.51. The predicted molar refractivity (Wildman–Crippen MR) is 39.7 cm³/mol. The van der Waals surface area contributed by atoms with Gasteiger partial charge < -0.3 is 4.74 Å². The molecule has 0 radical (unpaired) electrons. The van der Waals surface area contributed by atoms with Gasteiger partial charge in [-0.15, -0.1) is 0 Å². The van der Waals surface area contributed by atoms with Crippen LogP contribution in [0.15, 0.2) is 0 Å². The van der Waals surface area contributed by atoms with Crippen LogP contribution in [-0.2, 0) is 4.74 Å². The first-order valence-corrected chi connectivity index (χ1v) is 4.78. The van der Waals surface area contributed by atoms with Gasteiger partial charge >= 0.3 is 0 Å².